The molecule has 4 aliphatic rings. The van der Waals surface area contributed by atoms with Crippen molar-refractivity contribution in [3.8, 4) is 5.88 Å². The molecule has 0 unspecified atom stereocenters. The van der Waals surface area contributed by atoms with Crippen molar-refractivity contribution in [1.29, 1.82) is 0 Å². The number of rotatable bonds is 8. The first-order chi connectivity index (χ1) is 18.4. The number of carboxylic acids is 1. The fourth-order valence-corrected chi connectivity index (χ4v) is 7.03. The Kier molecular flexibility index (Phi) is 7.12. The van der Waals surface area contributed by atoms with Crippen LogP contribution in [0.5, 0.6) is 5.88 Å². The number of carbonyl (C=O) groups excluding carboxylic acids is 1. The van der Waals surface area contributed by atoms with Crippen LogP contribution in [0.25, 0.3) is 0 Å². The minimum Gasteiger partial charge on any atom is -0.481 e. The van der Waals surface area contributed by atoms with Gasteiger partial charge in [0.05, 0.1) is 19.3 Å². The molecule has 0 radical (unpaired) electrons. The number of pyridine rings is 1. The first-order valence-corrected chi connectivity index (χ1v) is 14.0. The van der Waals surface area contributed by atoms with Crippen molar-refractivity contribution >= 4 is 12.1 Å². The van der Waals surface area contributed by atoms with Crippen molar-refractivity contribution in [3.63, 3.8) is 0 Å². The molecule has 2 heterocycles. The van der Waals surface area contributed by atoms with Gasteiger partial charge in [-0.3, -0.25) is 4.90 Å². The molecule has 210 valence electrons. The zero-order valence-corrected chi connectivity index (χ0v) is 23.8. The van der Waals surface area contributed by atoms with E-state index in [0.717, 1.165) is 36.1 Å². The average Bonchev–Trinajstić information content (AvgIpc) is 3.15. The highest BCUT2D eigenvalue weighted by molar-refractivity contribution is 5.82. The van der Waals surface area contributed by atoms with Crippen molar-refractivity contribution in [2.75, 3.05) is 7.11 Å². The van der Waals surface area contributed by atoms with Crippen molar-refractivity contribution < 1.29 is 24.2 Å². The lowest BCUT2D eigenvalue weighted by molar-refractivity contribution is -0.174. The van der Waals surface area contributed by atoms with Crippen molar-refractivity contribution in [2.45, 2.75) is 90.1 Å². The summed E-state index contributed by atoms with van der Waals surface area (Å²) in [6.07, 6.45) is 2.10. The Balaban J connectivity index is 1.55. The molecule has 1 aromatic carbocycles. The molecule has 4 atom stereocenters. The third kappa shape index (κ3) is 4.88. The second-order valence-corrected chi connectivity index (χ2v) is 12.9. The summed E-state index contributed by atoms with van der Waals surface area (Å²) in [5.41, 5.74) is 2.52. The van der Waals surface area contributed by atoms with Gasteiger partial charge in [0.15, 0.2) is 0 Å². The van der Waals surface area contributed by atoms with Gasteiger partial charge in [-0.25, -0.2) is 14.6 Å². The Morgan fingerprint density at radius 3 is 2.31 bits per heavy atom. The molecule has 39 heavy (non-hydrogen) atoms. The molecule has 8 nitrogen and oxygen atoms in total. The van der Waals surface area contributed by atoms with E-state index in [-0.39, 0.29) is 28.9 Å². The fraction of sp³-hybridized carbons (Fsp3) is 0.581. The van der Waals surface area contributed by atoms with Crippen molar-refractivity contribution in [1.82, 2.24) is 15.2 Å². The number of hydrogen-bond donors (Lipinski definition) is 2. The Morgan fingerprint density at radius 1 is 1.13 bits per heavy atom. The van der Waals surface area contributed by atoms with Gasteiger partial charge in [0, 0.05) is 35.2 Å². The Bertz CT molecular complexity index is 1210. The van der Waals surface area contributed by atoms with Crippen LogP contribution in [-0.4, -0.2) is 52.4 Å². The number of methoxy groups -OCH3 is 1. The van der Waals surface area contributed by atoms with Crippen LogP contribution in [0.1, 0.15) is 76.7 Å². The molecule has 2 bridgehead atoms. The predicted molar refractivity (Wildman–Crippen MR) is 147 cm³/mol. The van der Waals surface area contributed by atoms with Gasteiger partial charge < -0.3 is 19.9 Å². The van der Waals surface area contributed by atoms with Gasteiger partial charge in [0.2, 0.25) is 5.88 Å². The maximum Gasteiger partial charge on any atom is 0.411 e. The number of hydrogen-bond acceptors (Lipinski definition) is 6. The van der Waals surface area contributed by atoms with Crippen LogP contribution in [0.15, 0.2) is 42.5 Å². The summed E-state index contributed by atoms with van der Waals surface area (Å²) in [4.78, 5) is 32.8. The molecule has 0 spiro atoms. The largest absolute Gasteiger partial charge is 0.481 e. The molecule has 1 saturated heterocycles. The molecule has 2 N–H and O–H groups in total. The average molecular weight is 536 g/mol. The second-order valence-electron chi connectivity index (χ2n) is 12.9. The van der Waals surface area contributed by atoms with E-state index in [2.05, 4.69) is 26.1 Å². The highest BCUT2D eigenvalue weighted by atomic mass is 16.6. The van der Waals surface area contributed by atoms with Crippen LogP contribution in [0.4, 0.5) is 4.79 Å². The van der Waals surface area contributed by atoms with Gasteiger partial charge in [-0.1, -0.05) is 57.2 Å². The molecule has 3 aliphatic carbocycles. The standard InChI is InChI=1S/C31H41N3O5/c1-18(2)39-29(37)34-25(20-10-8-7-9-11-20)24(23(26(34)28(35)36)31-14-19(15-31)16-31)32-17-21-12-13-22(30(3,4)5)33-27(21)38-6/h7-13,18-19,23-26,32H,14-17H2,1-6H3,(H,35,36)/t19?,23-,24-,25-,26-,31?/m0/s1. The fourth-order valence-electron chi connectivity index (χ4n) is 7.03. The molecule has 2 aromatic rings. The van der Waals surface area contributed by atoms with E-state index in [4.69, 9.17) is 14.5 Å². The van der Waals surface area contributed by atoms with Crippen LogP contribution in [0.2, 0.25) is 0 Å². The predicted octanol–water partition coefficient (Wildman–Crippen LogP) is 5.32. The number of likely N-dealkylation sites (tertiary alicyclic amines) is 1. The molecule has 1 aliphatic heterocycles. The zero-order valence-electron chi connectivity index (χ0n) is 23.8. The maximum atomic E-state index is 13.6. The highest BCUT2D eigenvalue weighted by Gasteiger charge is 2.69. The summed E-state index contributed by atoms with van der Waals surface area (Å²) in [5.74, 6) is -0.0135. The second kappa shape index (κ2) is 10.1. The smallest absolute Gasteiger partial charge is 0.411 e. The quantitative estimate of drug-likeness (QED) is 0.472. The van der Waals surface area contributed by atoms with E-state index >= 15 is 0 Å². The summed E-state index contributed by atoms with van der Waals surface area (Å²) < 4.78 is 11.3. The number of aromatic nitrogens is 1. The van der Waals surface area contributed by atoms with Gasteiger partial charge in [0.25, 0.3) is 0 Å². The first kappa shape index (κ1) is 27.4. The molecule has 8 heteroatoms. The molecular formula is C31H41N3O5. The number of carbonyl (C=O) groups is 2. The molecule has 4 fully saturated rings. The maximum absolute atomic E-state index is 13.6. The number of nitrogens with zero attached hydrogens (tertiary/aromatic N) is 2. The number of carboxylic acid groups (broad SMARTS) is 1. The molecule has 1 aromatic heterocycles. The van der Waals surface area contributed by atoms with Crippen LogP contribution in [0, 0.1) is 17.3 Å². The molecule has 6 rings (SSSR count). The number of ether oxygens (including phenoxy) is 2. The number of nitrogens with one attached hydrogen (secondary N) is 1. The van der Waals surface area contributed by atoms with Crippen LogP contribution < -0.4 is 10.1 Å². The lowest BCUT2D eigenvalue weighted by Gasteiger charge is -2.66. The Labute approximate surface area is 231 Å². The Morgan fingerprint density at radius 2 is 1.79 bits per heavy atom. The number of benzene rings is 1. The van der Waals surface area contributed by atoms with Crippen molar-refractivity contribution in [3.05, 3.63) is 59.3 Å². The summed E-state index contributed by atoms with van der Waals surface area (Å²) in [5, 5.41) is 14.3. The van der Waals surface area contributed by atoms with Crippen LogP contribution >= 0.6 is 0 Å². The van der Waals surface area contributed by atoms with Gasteiger partial charge in [0.1, 0.15) is 6.04 Å². The van der Waals surface area contributed by atoms with E-state index < -0.39 is 24.1 Å². The summed E-state index contributed by atoms with van der Waals surface area (Å²) in [6, 6.07) is 12.0. The van der Waals surface area contributed by atoms with Gasteiger partial charge in [-0.2, -0.15) is 0 Å². The summed E-state index contributed by atoms with van der Waals surface area (Å²) >= 11 is 0. The summed E-state index contributed by atoms with van der Waals surface area (Å²) in [7, 11) is 1.62. The van der Waals surface area contributed by atoms with Gasteiger partial charge in [-0.05, 0) is 56.1 Å². The van der Waals surface area contributed by atoms with Gasteiger partial charge >= 0.3 is 12.1 Å². The van der Waals surface area contributed by atoms with Gasteiger partial charge in [-0.15, -0.1) is 0 Å². The monoisotopic (exact) mass is 535 g/mol. The third-order valence-electron chi connectivity index (χ3n) is 8.83. The molecular weight excluding hydrogens is 494 g/mol. The number of aliphatic carboxylic acids is 1. The van der Waals surface area contributed by atoms with E-state index in [1.54, 1.807) is 21.0 Å². The molecule has 1 amide bonds. The summed E-state index contributed by atoms with van der Waals surface area (Å²) in [6.45, 7) is 10.3. The SMILES string of the molecule is COc1nc(C(C)(C)C)ccc1CN[C@H]1[C@H](C23CC(C2)C3)[C@@H](C(=O)O)N(C(=O)OC(C)C)[C@H]1c1ccccc1. The lowest BCUT2D eigenvalue weighted by atomic mass is 9.38. The van der Waals surface area contributed by atoms with E-state index in [9.17, 15) is 14.7 Å². The zero-order chi connectivity index (χ0) is 28.1. The minimum atomic E-state index is -0.983. The Hall–Kier alpha value is -3.13. The van der Waals surface area contributed by atoms with E-state index in [1.165, 1.54) is 4.90 Å². The molecule has 3 saturated carbocycles. The first-order valence-electron chi connectivity index (χ1n) is 14.0. The van der Waals surface area contributed by atoms with E-state index in [1.807, 2.05) is 42.5 Å². The normalized spacial score (nSPS) is 29.5. The topological polar surface area (TPSA) is 101 Å². The number of amides is 1. The third-order valence-corrected chi connectivity index (χ3v) is 8.83. The van der Waals surface area contributed by atoms with Crippen LogP contribution in [0.3, 0.4) is 0 Å². The minimum absolute atomic E-state index is 0.0797. The van der Waals surface area contributed by atoms with Crippen molar-refractivity contribution in [2.24, 2.45) is 17.3 Å². The highest BCUT2D eigenvalue weighted by Crippen LogP contribution is 2.71. The van der Waals surface area contributed by atoms with Crippen LogP contribution in [-0.2, 0) is 21.5 Å². The lowest BCUT2D eigenvalue weighted by Crippen LogP contribution is -2.63. The van der Waals surface area contributed by atoms with E-state index in [0.29, 0.717) is 18.3 Å².